The van der Waals surface area contributed by atoms with Crippen molar-refractivity contribution in [2.24, 2.45) is 0 Å². The summed E-state index contributed by atoms with van der Waals surface area (Å²) in [5.41, 5.74) is 2.06. The number of aromatic amines is 1. The van der Waals surface area contributed by atoms with Crippen LogP contribution < -0.4 is 5.32 Å². The number of amides is 1. The van der Waals surface area contributed by atoms with Gasteiger partial charge in [0.15, 0.2) is 0 Å². The number of hydrogen-bond acceptors (Lipinski definition) is 3. The molecule has 0 aliphatic heterocycles. The van der Waals surface area contributed by atoms with E-state index in [9.17, 15) is 4.79 Å². The van der Waals surface area contributed by atoms with Crippen molar-refractivity contribution in [1.29, 1.82) is 0 Å². The SMILES string of the molecule is CCOCCCNC(=O)Cc1c(Sc2ccc(Cl)cc2)[nH]c2ccccc12. The molecule has 1 amide bonds. The zero-order chi connectivity index (χ0) is 19.1. The number of hydrogen-bond donors (Lipinski definition) is 2. The van der Waals surface area contributed by atoms with Gasteiger partial charge in [-0.1, -0.05) is 41.6 Å². The molecule has 0 unspecified atom stereocenters. The van der Waals surface area contributed by atoms with E-state index in [0.29, 0.717) is 31.2 Å². The van der Waals surface area contributed by atoms with Crippen molar-refractivity contribution >= 4 is 40.2 Å². The second-order valence-electron chi connectivity index (χ2n) is 6.11. The summed E-state index contributed by atoms with van der Waals surface area (Å²) in [5, 5.41) is 5.77. The van der Waals surface area contributed by atoms with Crippen LogP contribution in [-0.4, -0.2) is 30.6 Å². The lowest BCUT2D eigenvalue weighted by molar-refractivity contribution is -0.120. The summed E-state index contributed by atoms with van der Waals surface area (Å²) in [6.45, 7) is 3.96. The van der Waals surface area contributed by atoms with E-state index in [1.54, 1.807) is 11.8 Å². The molecule has 0 bridgehead atoms. The Morgan fingerprint density at radius 1 is 1.19 bits per heavy atom. The largest absolute Gasteiger partial charge is 0.382 e. The van der Waals surface area contributed by atoms with Gasteiger partial charge < -0.3 is 15.0 Å². The van der Waals surface area contributed by atoms with Gasteiger partial charge in [-0.25, -0.2) is 0 Å². The third-order valence-corrected chi connectivity index (χ3v) is 5.45. The Hall–Kier alpha value is -1.95. The quantitative estimate of drug-likeness (QED) is 0.492. The molecule has 0 spiro atoms. The maximum absolute atomic E-state index is 12.4. The average molecular weight is 403 g/mol. The van der Waals surface area contributed by atoms with Crippen LogP contribution in [0.3, 0.4) is 0 Å². The minimum Gasteiger partial charge on any atom is -0.382 e. The van der Waals surface area contributed by atoms with Crippen LogP contribution >= 0.6 is 23.4 Å². The van der Waals surface area contributed by atoms with Crippen LogP contribution in [0.5, 0.6) is 0 Å². The lowest BCUT2D eigenvalue weighted by atomic mass is 10.1. The average Bonchev–Trinajstić information content (AvgIpc) is 3.01. The highest BCUT2D eigenvalue weighted by Gasteiger charge is 2.15. The molecular weight excluding hydrogens is 380 g/mol. The van der Waals surface area contributed by atoms with E-state index in [1.165, 1.54) is 0 Å². The highest BCUT2D eigenvalue weighted by molar-refractivity contribution is 7.99. The number of para-hydroxylation sites is 1. The third kappa shape index (κ3) is 5.51. The molecule has 3 aromatic rings. The molecule has 0 radical (unpaired) electrons. The lowest BCUT2D eigenvalue weighted by Gasteiger charge is -2.07. The number of halogens is 1. The Kier molecular flexibility index (Phi) is 7.21. The van der Waals surface area contributed by atoms with Crippen LogP contribution in [0.25, 0.3) is 10.9 Å². The first kappa shape index (κ1) is 19.8. The van der Waals surface area contributed by atoms with E-state index in [2.05, 4.69) is 16.4 Å². The first-order valence-corrected chi connectivity index (χ1v) is 10.2. The molecule has 2 aromatic carbocycles. The molecule has 0 fully saturated rings. The van der Waals surface area contributed by atoms with E-state index in [4.69, 9.17) is 16.3 Å². The first-order chi connectivity index (χ1) is 13.2. The normalized spacial score (nSPS) is 11.0. The number of nitrogens with one attached hydrogen (secondary N) is 2. The number of carbonyl (C=O) groups excluding carboxylic acids is 1. The fraction of sp³-hybridized carbons (Fsp3) is 0.286. The summed E-state index contributed by atoms with van der Waals surface area (Å²) in [4.78, 5) is 17.0. The van der Waals surface area contributed by atoms with Gasteiger partial charge in [0.25, 0.3) is 0 Å². The number of benzene rings is 2. The fourth-order valence-corrected chi connectivity index (χ4v) is 3.93. The molecule has 1 aromatic heterocycles. The van der Waals surface area contributed by atoms with E-state index < -0.39 is 0 Å². The maximum Gasteiger partial charge on any atom is 0.224 e. The van der Waals surface area contributed by atoms with Gasteiger partial charge in [0, 0.05) is 46.1 Å². The molecule has 0 saturated carbocycles. The second-order valence-corrected chi connectivity index (χ2v) is 7.63. The smallest absolute Gasteiger partial charge is 0.224 e. The van der Waals surface area contributed by atoms with Gasteiger partial charge in [0.2, 0.25) is 5.91 Å². The van der Waals surface area contributed by atoms with Crippen LogP contribution in [0.2, 0.25) is 5.02 Å². The summed E-state index contributed by atoms with van der Waals surface area (Å²) >= 11 is 7.59. The van der Waals surface area contributed by atoms with E-state index in [1.807, 2.05) is 49.4 Å². The van der Waals surface area contributed by atoms with Gasteiger partial charge in [-0.2, -0.15) is 0 Å². The van der Waals surface area contributed by atoms with Crippen molar-refractivity contribution in [3.05, 3.63) is 59.1 Å². The summed E-state index contributed by atoms with van der Waals surface area (Å²) in [6, 6.07) is 15.8. The van der Waals surface area contributed by atoms with Crippen LogP contribution in [0.15, 0.2) is 58.5 Å². The van der Waals surface area contributed by atoms with Gasteiger partial charge in [-0.3, -0.25) is 4.79 Å². The molecule has 2 N–H and O–H groups in total. The maximum atomic E-state index is 12.4. The van der Waals surface area contributed by atoms with Crippen LogP contribution in [0.4, 0.5) is 0 Å². The molecule has 6 heteroatoms. The number of rotatable bonds is 9. The van der Waals surface area contributed by atoms with Crippen molar-refractivity contribution in [2.75, 3.05) is 19.8 Å². The molecule has 1 heterocycles. The number of carbonyl (C=O) groups is 1. The number of aromatic nitrogens is 1. The Morgan fingerprint density at radius 2 is 1.96 bits per heavy atom. The van der Waals surface area contributed by atoms with E-state index >= 15 is 0 Å². The fourth-order valence-electron chi connectivity index (χ4n) is 2.83. The highest BCUT2D eigenvalue weighted by atomic mass is 35.5. The van der Waals surface area contributed by atoms with Crippen molar-refractivity contribution in [3.63, 3.8) is 0 Å². The number of ether oxygens (including phenoxy) is 1. The van der Waals surface area contributed by atoms with Gasteiger partial charge >= 0.3 is 0 Å². The molecule has 3 rings (SSSR count). The van der Waals surface area contributed by atoms with Gasteiger partial charge in [0.1, 0.15) is 0 Å². The van der Waals surface area contributed by atoms with Crippen molar-refractivity contribution in [3.8, 4) is 0 Å². The Labute approximate surface area is 168 Å². The summed E-state index contributed by atoms with van der Waals surface area (Å²) < 4.78 is 5.30. The van der Waals surface area contributed by atoms with Crippen LogP contribution in [0.1, 0.15) is 18.9 Å². The van der Waals surface area contributed by atoms with Gasteiger partial charge in [0.05, 0.1) is 11.4 Å². The van der Waals surface area contributed by atoms with Gasteiger partial charge in [-0.05, 0) is 43.7 Å². The molecule has 0 saturated heterocycles. The lowest BCUT2D eigenvalue weighted by Crippen LogP contribution is -2.27. The van der Waals surface area contributed by atoms with E-state index in [0.717, 1.165) is 32.8 Å². The molecular formula is C21H23ClN2O2S. The van der Waals surface area contributed by atoms with Crippen LogP contribution in [0, 0.1) is 0 Å². The molecule has 0 aliphatic carbocycles. The van der Waals surface area contributed by atoms with E-state index in [-0.39, 0.29) is 5.91 Å². The topological polar surface area (TPSA) is 54.1 Å². The Morgan fingerprint density at radius 3 is 2.74 bits per heavy atom. The highest BCUT2D eigenvalue weighted by Crippen LogP contribution is 2.35. The predicted molar refractivity (Wildman–Crippen MR) is 112 cm³/mol. The first-order valence-electron chi connectivity index (χ1n) is 9.05. The zero-order valence-electron chi connectivity index (χ0n) is 15.3. The van der Waals surface area contributed by atoms with Crippen molar-refractivity contribution in [1.82, 2.24) is 10.3 Å². The minimum atomic E-state index is 0.0224. The van der Waals surface area contributed by atoms with Crippen molar-refractivity contribution in [2.45, 2.75) is 29.7 Å². The molecule has 142 valence electrons. The second kappa shape index (κ2) is 9.83. The Bertz CT molecular complexity index is 893. The molecule has 0 atom stereocenters. The van der Waals surface area contributed by atoms with Crippen molar-refractivity contribution < 1.29 is 9.53 Å². The number of H-pyrrole nitrogens is 1. The summed E-state index contributed by atoms with van der Waals surface area (Å²) in [7, 11) is 0. The molecule has 4 nitrogen and oxygen atoms in total. The van der Waals surface area contributed by atoms with Gasteiger partial charge in [-0.15, -0.1) is 0 Å². The standard InChI is InChI=1S/C21H23ClN2O2S/c1-2-26-13-5-12-23-20(25)14-18-17-6-3-4-7-19(17)24-21(18)27-16-10-8-15(22)9-11-16/h3-4,6-11,24H,2,5,12-14H2,1H3,(H,23,25). The predicted octanol–water partition coefficient (Wildman–Crippen LogP) is 5.06. The molecule has 27 heavy (non-hydrogen) atoms. The molecule has 0 aliphatic rings. The summed E-state index contributed by atoms with van der Waals surface area (Å²) in [5.74, 6) is 0.0224. The third-order valence-electron chi connectivity index (χ3n) is 4.14. The Balaban J connectivity index is 1.74. The monoisotopic (exact) mass is 402 g/mol. The minimum absolute atomic E-state index is 0.0224. The number of fused-ring (bicyclic) bond motifs is 1. The van der Waals surface area contributed by atoms with Crippen LogP contribution in [-0.2, 0) is 16.0 Å². The zero-order valence-corrected chi connectivity index (χ0v) is 16.8. The summed E-state index contributed by atoms with van der Waals surface area (Å²) in [6.07, 6.45) is 1.16.